The minimum Gasteiger partial charge on any atom is -0.290 e. The fourth-order valence-corrected chi connectivity index (χ4v) is 2.06. The average Bonchev–Trinajstić information content (AvgIpc) is 2.33. The molecule has 0 amide bonds. The molecule has 1 unspecified atom stereocenters. The first kappa shape index (κ1) is 10.4. The van der Waals surface area contributed by atoms with Crippen LogP contribution >= 0.6 is 9.39 Å². The Morgan fingerprint density at radius 2 is 1.13 bits per heavy atom. The van der Waals surface area contributed by atoms with E-state index < -0.39 is 0 Å². The molecule has 2 rings (SSSR count). The van der Waals surface area contributed by atoms with Gasteiger partial charge in [0.25, 0.3) is 0 Å². The molecule has 0 spiro atoms. The molecule has 2 aromatic rings. The third kappa shape index (κ3) is 2.44. The van der Waals surface area contributed by atoms with Crippen LogP contribution < -0.4 is 5.09 Å². The molecule has 0 radical (unpaired) electrons. The van der Waals surface area contributed by atoms with Crippen LogP contribution in [0.15, 0.2) is 60.7 Å². The van der Waals surface area contributed by atoms with Crippen molar-refractivity contribution in [1.82, 2.24) is 5.09 Å². The zero-order valence-corrected chi connectivity index (χ0v) is 9.58. The first-order valence-corrected chi connectivity index (χ1v) is 5.55. The summed E-state index contributed by atoms with van der Waals surface area (Å²) < 4.78 is 0. The molecule has 0 saturated heterocycles. The molecule has 1 N–H and O–H groups in total. The molecule has 0 aliphatic rings. The van der Waals surface area contributed by atoms with E-state index in [1.54, 1.807) is 0 Å². The van der Waals surface area contributed by atoms with Gasteiger partial charge in [-0.05, 0) is 11.1 Å². The van der Waals surface area contributed by atoms with Crippen molar-refractivity contribution < 1.29 is 0 Å². The summed E-state index contributed by atoms with van der Waals surface area (Å²) in [5.41, 5.74) is 2.55. The summed E-state index contributed by atoms with van der Waals surface area (Å²) in [6.07, 6.45) is 0. The Morgan fingerprint density at radius 3 is 1.47 bits per heavy atom. The maximum atomic E-state index is 3.25. The maximum Gasteiger partial charge on any atom is 0.0605 e. The summed E-state index contributed by atoms with van der Waals surface area (Å²) >= 11 is 0. The highest BCUT2D eigenvalue weighted by molar-refractivity contribution is 7.13. The highest BCUT2D eigenvalue weighted by Crippen LogP contribution is 2.22. The number of hydrogen-bond acceptors (Lipinski definition) is 1. The minimum absolute atomic E-state index is 0.248. The quantitative estimate of drug-likeness (QED) is 0.775. The predicted octanol–water partition coefficient (Wildman–Crippen LogP) is 3.16. The minimum atomic E-state index is 0.248. The summed E-state index contributed by atoms with van der Waals surface area (Å²) in [5.74, 6) is 0. The summed E-state index contributed by atoms with van der Waals surface area (Å²) in [5, 5.41) is 3.25. The molecule has 0 heterocycles. The second-order valence-corrected chi connectivity index (χ2v) is 3.75. The van der Waals surface area contributed by atoms with Crippen molar-refractivity contribution in [3.8, 4) is 0 Å². The molecule has 0 saturated carbocycles. The fourth-order valence-electron chi connectivity index (χ4n) is 1.68. The van der Waals surface area contributed by atoms with Gasteiger partial charge < -0.3 is 0 Å². The van der Waals surface area contributed by atoms with Gasteiger partial charge in [0.1, 0.15) is 0 Å². The van der Waals surface area contributed by atoms with Gasteiger partial charge in [0.15, 0.2) is 0 Å². The van der Waals surface area contributed by atoms with E-state index >= 15 is 0 Å². The Kier molecular flexibility index (Phi) is 3.49. The predicted molar refractivity (Wildman–Crippen MR) is 67.6 cm³/mol. The van der Waals surface area contributed by atoms with Crippen LogP contribution in [-0.4, -0.2) is 0 Å². The van der Waals surface area contributed by atoms with Gasteiger partial charge in [-0.2, -0.15) is 0 Å². The van der Waals surface area contributed by atoms with Gasteiger partial charge >= 0.3 is 0 Å². The number of rotatable bonds is 3. The fraction of sp³-hybridized carbons (Fsp3) is 0.0769. The molecule has 0 aliphatic carbocycles. The summed E-state index contributed by atoms with van der Waals surface area (Å²) in [6, 6.07) is 21.1. The molecule has 0 aromatic heterocycles. The van der Waals surface area contributed by atoms with Crippen LogP contribution in [0.5, 0.6) is 0 Å². The second kappa shape index (κ2) is 5.06. The van der Waals surface area contributed by atoms with E-state index in [0.717, 1.165) is 0 Å². The largest absolute Gasteiger partial charge is 0.290 e. The van der Waals surface area contributed by atoms with Crippen LogP contribution in [-0.2, 0) is 0 Å². The molecule has 1 atom stereocenters. The Balaban J connectivity index is 2.34. The Hall–Kier alpha value is -1.17. The van der Waals surface area contributed by atoms with Crippen LogP contribution in [0, 0.1) is 0 Å². The SMILES string of the molecule is PNC(c1ccccc1)c1ccccc1. The lowest BCUT2D eigenvalue weighted by atomic mass is 10.00. The summed E-state index contributed by atoms with van der Waals surface area (Å²) in [7, 11) is 2.59. The third-order valence-corrected chi connectivity index (χ3v) is 2.77. The van der Waals surface area contributed by atoms with Gasteiger partial charge in [0, 0.05) is 0 Å². The highest BCUT2D eigenvalue weighted by Gasteiger charge is 2.09. The van der Waals surface area contributed by atoms with Gasteiger partial charge in [0.05, 0.1) is 6.04 Å². The van der Waals surface area contributed by atoms with Gasteiger partial charge in [-0.15, -0.1) is 0 Å². The zero-order chi connectivity index (χ0) is 10.5. The lowest BCUT2D eigenvalue weighted by molar-refractivity contribution is 0.804. The van der Waals surface area contributed by atoms with Crippen molar-refractivity contribution in [1.29, 1.82) is 0 Å². The van der Waals surface area contributed by atoms with Gasteiger partial charge in [0.2, 0.25) is 0 Å². The molecule has 76 valence electrons. The Labute approximate surface area is 92.8 Å². The van der Waals surface area contributed by atoms with E-state index in [1.165, 1.54) is 11.1 Å². The standard InChI is InChI=1S/C13H14NP/c15-14-13(11-7-3-1-4-8-11)12-9-5-2-6-10-12/h1-10,13-14H,15H2. The second-order valence-electron chi connectivity index (χ2n) is 3.42. The topological polar surface area (TPSA) is 12.0 Å². The van der Waals surface area contributed by atoms with Crippen LogP contribution in [0.1, 0.15) is 17.2 Å². The molecular weight excluding hydrogens is 201 g/mol. The van der Waals surface area contributed by atoms with Gasteiger partial charge in [-0.3, -0.25) is 5.09 Å². The van der Waals surface area contributed by atoms with E-state index in [-0.39, 0.29) is 6.04 Å². The molecular formula is C13H14NP. The van der Waals surface area contributed by atoms with Crippen molar-refractivity contribution in [2.24, 2.45) is 0 Å². The lowest BCUT2D eigenvalue weighted by Crippen LogP contribution is -2.11. The molecule has 0 fully saturated rings. The normalized spacial score (nSPS) is 10.5. The maximum absolute atomic E-state index is 3.25. The first-order valence-electron chi connectivity index (χ1n) is 4.98. The molecule has 15 heavy (non-hydrogen) atoms. The van der Waals surface area contributed by atoms with E-state index in [2.05, 4.69) is 63.0 Å². The summed E-state index contributed by atoms with van der Waals surface area (Å²) in [4.78, 5) is 0. The van der Waals surface area contributed by atoms with Crippen LogP contribution in [0.2, 0.25) is 0 Å². The number of benzene rings is 2. The first-order chi connectivity index (χ1) is 7.42. The molecule has 1 nitrogen and oxygen atoms in total. The molecule has 0 bridgehead atoms. The van der Waals surface area contributed by atoms with Crippen molar-refractivity contribution >= 4 is 9.39 Å². The Morgan fingerprint density at radius 1 is 0.733 bits per heavy atom. The van der Waals surface area contributed by atoms with Crippen LogP contribution in [0.4, 0.5) is 0 Å². The van der Waals surface area contributed by atoms with Crippen LogP contribution in [0.3, 0.4) is 0 Å². The Bertz CT molecular complexity index is 360. The van der Waals surface area contributed by atoms with Crippen molar-refractivity contribution in [2.45, 2.75) is 6.04 Å². The van der Waals surface area contributed by atoms with Crippen molar-refractivity contribution in [3.63, 3.8) is 0 Å². The monoisotopic (exact) mass is 215 g/mol. The van der Waals surface area contributed by atoms with E-state index in [4.69, 9.17) is 0 Å². The molecule has 2 aromatic carbocycles. The highest BCUT2D eigenvalue weighted by atomic mass is 31.0. The average molecular weight is 215 g/mol. The van der Waals surface area contributed by atoms with E-state index in [9.17, 15) is 0 Å². The third-order valence-electron chi connectivity index (χ3n) is 2.43. The van der Waals surface area contributed by atoms with Gasteiger partial charge in [-0.25, -0.2) is 0 Å². The van der Waals surface area contributed by atoms with Crippen molar-refractivity contribution in [3.05, 3.63) is 71.8 Å². The zero-order valence-electron chi connectivity index (χ0n) is 8.43. The lowest BCUT2D eigenvalue weighted by Gasteiger charge is -2.16. The molecule has 2 heteroatoms. The summed E-state index contributed by atoms with van der Waals surface area (Å²) in [6.45, 7) is 0. The van der Waals surface area contributed by atoms with E-state index in [0.29, 0.717) is 0 Å². The smallest absolute Gasteiger partial charge is 0.0605 e. The van der Waals surface area contributed by atoms with Crippen LogP contribution in [0.25, 0.3) is 0 Å². The molecule has 0 aliphatic heterocycles. The number of nitrogens with one attached hydrogen (secondary N) is 1. The number of hydrogen-bond donors (Lipinski definition) is 1. The van der Waals surface area contributed by atoms with Gasteiger partial charge in [-0.1, -0.05) is 70.1 Å². The van der Waals surface area contributed by atoms with Crippen molar-refractivity contribution in [2.75, 3.05) is 0 Å². The van der Waals surface area contributed by atoms with E-state index in [1.807, 2.05) is 12.1 Å².